The second-order valence-corrected chi connectivity index (χ2v) is 5.47. The predicted molar refractivity (Wildman–Crippen MR) is 92.2 cm³/mol. The summed E-state index contributed by atoms with van der Waals surface area (Å²) < 4.78 is 15.4. The molecule has 1 amide bonds. The van der Waals surface area contributed by atoms with E-state index in [0.717, 1.165) is 35.6 Å². The van der Waals surface area contributed by atoms with Gasteiger partial charge < -0.3 is 19.2 Å². The normalized spacial score (nSPS) is 10.5. The van der Waals surface area contributed by atoms with E-state index in [9.17, 15) is 4.79 Å². The third-order valence-corrected chi connectivity index (χ3v) is 3.75. The van der Waals surface area contributed by atoms with Gasteiger partial charge in [-0.05, 0) is 36.6 Å². The second kappa shape index (κ2) is 7.57. The second-order valence-electron chi connectivity index (χ2n) is 5.47. The number of nitrogens with one attached hydrogen (secondary N) is 2. The molecule has 0 spiro atoms. The standard InChI is InChI=1S/C18H19N3O4/c1-23-15-7-12(8-16(10-15)24-2)3-4-14-9-17(21-20-14)19-18(22)13-5-6-25-11-13/h5-11H,3-4H2,1-2H3,(H2,19,20,21,22). The molecule has 1 aromatic carbocycles. The Labute approximate surface area is 145 Å². The number of aromatic nitrogens is 2. The first kappa shape index (κ1) is 16.6. The van der Waals surface area contributed by atoms with Gasteiger partial charge in [0.1, 0.15) is 17.8 Å². The average Bonchev–Trinajstić information content (AvgIpc) is 3.31. The maximum absolute atomic E-state index is 12.0. The highest BCUT2D eigenvalue weighted by atomic mass is 16.5. The van der Waals surface area contributed by atoms with Crippen LogP contribution in [0.5, 0.6) is 11.5 Å². The Morgan fingerprint density at radius 2 is 1.92 bits per heavy atom. The highest BCUT2D eigenvalue weighted by Gasteiger charge is 2.10. The molecule has 0 atom stereocenters. The van der Waals surface area contributed by atoms with E-state index in [4.69, 9.17) is 13.9 Å². The van der Waals surface area contributed by atoms with Gasteiger partial charge in [0.15, 0.2) is 5.82 Å². The monoisotopic (exact) mass is 341 g/mol. The maximum atomic E-state index is 12.0. The van der Waals surface area contributed by atoms with Gasteiger partial charge in [0.25, 0.3) is 5.91 Å². The fourth-order valence-electron chi connectivity index (χ4n) is 2.43. The van der Waals surface area contributed by atoms with E-state index in [1.165, 1.54) is 12.5 Å². The van der Waals surface area contributed by atoms with E-state index in [0.29, 0.717) is 11.4 Å². The minimum absolute atomic E-state index is 0.260. The number of carbonyl (C=O) groups excluding carboxylic acids is 1. The van der Waals surface area contributed by atoms with Crippen molar-refractivity contribution in [2.24, 2.45) is 0 Å². The molecule has 0 aliphatic rings. The van der Waals surface area contributed by atoms with Crippen LogP contribution < -0.4 is 14.8 Å². The number of hydrogen-bond acceptors (Lipinski definition) is 5. The minimum Gasteiger partial charge on any atom is -0.497 e. The molecule has 2 N–H and O–H groups in total. The van der Waals surface area contributed by atoms with E-state index in [1.807, 2.05) is 24.3 Å². The first-order valence-electron chi connectivity index (χ1n) is 7.77. The number of furan rings is 1. The van der Waals surface area contributed by atoms with Crippen molar-refractivity contribution in [1.29, 1.82) is 0 Å². The van der Waals surface area contributed by atoms with Crippen LogP contribution >= 0.6 is 0 Å². The van der Waals surface area contributed by atoms with Crippen LogP contribution in [0.2, 0.25) is 0 Å². The van der Waals surface area contributed by atoms with Gasteiger partial charge in [0.05, 0.1) is 26.0 Å². The van der Waals surface area contributed by atoms with E-state index >= 15 is 0 Å². The van der Waals surface area contributed by atoms with Crippen molar-refractivity contribution in [3.05, 3.63) is 59.7 Å². The molecule has 7 heteroatoms. The number of benzene rings is 1. The van der Waals surface area contributed by atoms with Crippen molar-refractivity contribution in [1.82, 2.24) is 10.2 Å². The van der Waals surface area contributed by atoms with E-state index in [1.54, 1.807) is 20.3 Å². The number of methoxy groups -OCH3 is 2. The predicted octanol–water partition coefficient (Wildman–Crippen LogP) is 3.06. The van der Waals surface area contributed by atoms with Crippen LogP contribution in [0.4, 0.5) is 5.82 Å². The molecular formula is C18H19N3O4. The van der Waals surface area contributed by atoms with Crippen molar-refractivity contribution in [2.75, 3.05) is 19.5 Å². The highest BCUT2D eigenvalue weighted by molar-refractivity contribution is 6.03. The summed E-state index contributed by atoms with van der Waals surface area (Å²) in [6.45, 7) is 0. The number of carbonyl (C=O) groups is 1. The molecule has 0 saturated carbocycles. The molecule has 0 aliphatic heterocycles. The SMILES string of the molecule is COc1cc(CCc2cc(NC(=O)c3ccoc3)n[nH]2)cc(OC)c1. The molecule has 130 valence electrons. The van der Waals surface area contributed by atoms with E-state index in [2.05, 4.69) is 15.5 Å². The van der Waals surface area contributed by atoms with Gasteiger partial charge in [-0.25, -0.2) is 0 Å². The molecule has 25 heavy (non-hydrogen) atoms. The number of hydrogen-bond donors (Lipinski definition) is 2. The first-order chi connectivity index (χ1) is 12.2. The largest absolute Gasteiger partial charge is 0.497 e. The Hall–Kier alpha value is -3.22. The summed E-state index contributed by atoms with van der Waals surface area (Å²) >= 11 is 0. The van der Waals surface area contributed by atoms with Crippen LogP contribution in [-0.4, -0.2) is 30.3 Å². The number of rotatable bonds is 7. The van der Waals surface area contributed by atoms with Gasteiger partial charge in [0, 0.05) is 17.8 Å². The fourth-order valence-corrected chi connectivity index (χ4v) is 2.43. The van der Waals surface area contributed by atoms with Gasteiger partial charge in [-0.3, -0.25) is 9.89 Å². The van der Waals surface area contributed by atoms with E-state index in [-0.39, 0.29) is 5.91 Å². The van der Waals surface area contributed by atoms with Crippen LogP contribution in [0.1, 0.15) is 21.6 Å². The molecule has 0 bridgehead atoms. The number of ether oxygens (including phenoxy) is 2. The van der Waals surface area contributed by atoms with Crippen molar-refractivity contribution in [3.8, 4) is 11.5 Å². The molecular weight excluding hydrogens is 322 g/mol. The third-order valence-electron chi connectivity index (χ3n) is 3.75. The molecule has 3 rings (SSSR count). The van der Waals surface area contributed by atoms with Gasteiger partial charge in [-0.15, -0.1) is 0 Å². The molecule has 7 nitrogen and oxygen atoms in total. The lowest BCUT2D eigenvalue weighted by Crippen LogP contribution is -2.10. The molecule has 2 aromatic heterocycles. The first-order valence-corrected chi connectivity index (χ1v) is 7.77. The molecule has 3 aromatic rings. The van der Waals surface area contributed by atoms with Crippen molar-refractivity contribution >= 4 is 11.7 Å². The van der Waals surface area contributed by atoms with Crippen molar-refractivity contribution in [3.63, 3.8) is 0 Å². The summed E-state index contributed by atoms with van der Waals surface area (Å²) in [7, 11) is 3.25. The zero-order valence-corrected chi connectivity index (χ0v) is 14.0. The summed E-state index contributed by atoms with van der Waals surface area (Å²) in [6.07, 6.45) is 4.36. The molecule has 2 heterocycles. The topological polar surface area (TPSA) is 89.4 Å². The van der Waals surface area contributed by atoms with Crippen LogP contribution in [0.15, 0.2) is 47.3 Å². The molecule has 0 aliphatic carbocycles. The Morgan fingerprint density at radius 1 is 1.16 bits per heavy atom. The van der Waals surface area contributed by atoms with Gasteiger partial charge in [-0.2, -0.15) is 5.10 Å². The van der Waals surface area contributed by atoms with Gasteiger partial charge in [-0.1, -0.05) is 0 Å². The number of nitrogens with zero attached hydrogens (tertiary/aromatic N) is 1. The van der Waals surface area contributed by atoms with Crippen LogP contribution in [0, 0.1) is 0 Å². The zero-order valence-electron chi connectivity index (χ0n) is 14.0. The molecule has 0 unspecified atom stereocenters. The van der Waals surface area contributed by atoms with Crippen LogP contribution in [0.3, 0.4) is 0 Å². The lowest BCUT2D eigenvalue weighted by atomic mass is 10.1. The summed E-state index contributed by atoms with van der Waals surface area (Å²) in [5, 5.41) is 9.76. The smallest absolute Gasteiger partial charge is 0.260 e. The van der Waals surface area contributed by atoms with Gasteiger partial charge >= 0.3 is 0 Å². The Kier molecular flexibility index (Phi) is 5.03. The Balaban J connectivity index is 1.61. The van der Waals surface area contributed by atoms with Gasteiger partial charge in [0.2, 0.25) is 0 Å². The third kappa shape index (κ3) is 4.20. The molecule has 0 saturated heterocycles. The Morgan fingerprint density at radius 3 is 2.56 bits per heavy atom. The van der Waals surface area contributed by atoms with Crippen LogP contribution in [0.25, 0.3) is 0 Å². The number of amides is 1. The Bertz CT molecular complexity index is 818. The number of aromatic amines is 1. The highest BCUT2D eigenvalue weighted by Crippen LogP contribution is 2.23. The molecule has 0 radical (unpaired) electrons. The number of aryl methyl sites for hydroxylation is 2. The summed E-state index contributed by atoms with van der Waals surface area (Å²) in [5.74, 6) is 1.73. The number of H-pyrrole nitrogens is 1. The summed E-state index contributed by atoms with van der Waals surface area (Å²) in [4.78, 5) is 12.0. The fraction of sp³-hybridized carbons (Fsp3) is 0.222. The van der Waals surface area contributed by atoms with Crippen molar-refractivity contribution < 1.29 is 18.7 Å². The van der Waals surface area contributed by atoms with E-state index < -0.39 is 0 Å². The number of anilines is 1. The average molecular weight is 341 g/mol. The van der Waals surface area contributed by atoms with Crippen LogP contribution in [-0.2, 0) is 12.8 Å². The van der Waals surface area contributed by atoms with Crippen molar-refractivity contribution in [2.45, 2.75) is 12.8 Å². The zero-order chi connectivity index (χ0) is 17.6. The summed E-state index contributed by atoms with van der Waals surface area (Å²) in [6, 6.07) is 9.19. The lowest BCUT2D eigenvalue weighted by molar-refractivity contribution is 0.102. The summed E-state index contributed by atoms with van der Waals surface area (Å²) in [5.41, 5.74) is 2.46. The minimum atomic E-state index is -0.260. The lowest BCUT2D eigenvalue weighted by Gasteiger charge is -2.07. The maximum Gasteiger partial charge on any atom is 0.260 e. The molecule has 0 fully saturated rings. The quantitative estimate of drug-likeness (QED) is 0.689.